The first-order valence-corrected chi connectivity index (χ1v) is 19.9. The van der Waals surface area contributed by atoms with Crippen molar-refractivity contribution >= 4 is 21.5 Å². The number of rotatable bonds is 24. The van der Waals surface area contributed by atoms with Gasteiger partial charge in [-0.05, 0) is 50.7 Å². The minimum absolute atomic E-state index is 0.178. The maximum atomic E-state index is 10.4. The molecule has 252 valence electrons. The number of ether oxygens (including phenoxy) is 2. The smallest absolute Gasteiger partial charge is 0.224 e. The summed E-state index contributed by atoms with van der Waals surface area (Å²) in [4.78, 5) is -0.178. The van der Waals surface area contributed by atoms with Gasteiger partial charge in [0.05, 0.1) is 23.0 Å². The number of thiazole rings is 1. The first-order valence-electron chi connectivity index (χ1n) is 17.5. The quantitative estimate of drug-likeness (QED) is 0.0642. The molecule has 2 aromatic rings. The van der Waals surface area contributed by atoms with E-state index in [0.717, 1.165) is 37.8 Å². The van der Waals surface area contributed by atoms with Gasteiger partial charge in [-0.25, -0.2) is 8.42 Å². The molecule has 6 nitrogen and oxygen atoms in total. The topological polar surface area (TPSA) is 79.5 Å². The maximum Gasteiger partial charge on any atom is 0.224 e. The van der Waals surface area contributed by atoms with Crippen LogP contribution in [0, 0.1) is 12.8 Å². The third-order valence-electron chi connectivity index (χ3n) is 8.48. The monoisotopic (exact) mass is 651 g/mol. The van der Waals surface area contributed by atoms with E-state index in [1.54, 1.807) is 23.5 Å². The summed E-state index contributed by atoms with van der Waals surface area (Å²) in [7, 11) is -4.27. The fourth-order valence-corrected chi connectivity index (χ4v) is 6.81. The van der Waals surface area contributed by atoms with Crippen molar-refractivity contribution in [3.05, 3.63) is 46.9 Å². The lowest BCUT2D eigenvalue weighted by molar-refractivity contribution is -0.692. The largest absolute Gasteiger partial charge is 0.744 e. The lowest BCUT2D eigenvalue weighted by atomic mass is 9.97. The minimum atomic E-state index is -4.27. The van der Waals surface area contributed by atoms with Gasteiger partial charge in [0.15, 0.2) is 6.20 Å². The van der Waals surface area contributed by atoms with E-state index in [2.05, 4.69) is 28.6 Å². The average molecular weight is 652 g/mol. The Labute approximate surface area is 273 Å². The van der Waals surface area contributed by atoms with E-state index >= 15 is 0 Å². The molecule has 0 spiro atoms. The molecule has 0 saturated carbocycles. The number of aromatic nitrogens is 1. The van der Waals surface area contributed by atoms with E-state index < -0.39 is 10.1 Å². The van der Waals surface area contributed by atoms with E-state index in [4.69, 9.17) is 9.47 Å². The minimum Gasteiger partial charge on any atom is -0.744 e. The molecule has 1 aliphatic heterocycles. The molecule has 0 N–H and O–H groups in total. The molecule has 1 aromatic heterocycles. The number of hydrogen-bond donors (Lipinski definition) is 0. The highest BCUT2D eigenvalue weighted by Gasteiger charge is 2.25. The molecular formula is C36H61NO5S2. The third kappa shape index (κ3) is 19.9. The van der Waals surface area contributed by atoms with Crippen LogP contribution in [0.4, 0.5) is 0 Å². The molecule has 2 heterocycles. The zero-order valence-electron chi connectivity index (χ0n) is 27.8. The van der Waals surface area contributed by atoms with Crippen molar-refractivity contribution in [3.8, 4) is 0 Å². The van der Waals surface area contributed by atoms with Crippen LogP contribution < -0.4 is 4.57 Å². The van der Waals surface area contributed by atoms with Crippen molar-refractivity contribution < 1.29 is 27.0 Å². The van der Waals surface area contributed by atoms with Crippen molar-refractivity contribution in [1.29, 1.82) is 0 Å². The molecule has 8 heteroatoms. The Morgan fingerprint density at radius 1 is 0.864 bits per heavy atom. The highest BCUT2D eigenvalue weighted by molar-refractivity contribution is 7.85. The molecule has 1 aliphatic rings. The Morgan fingerprint density at radius 3 is 2.05 bits per heavy atom. The number of unbranched alkanes of at least 4 members (excludes halogenated alkanes) is 15. The van der Waals surface area contributed by atoms with Crippen LogP contribution in [0.15, 0.2) is 46.2 Å². The maximum absolute atomic E-state index is 10.4. The summed E-state index contributed by atoms with van der Waals surface area (Å²) in [6.07, 6.45) is 28.8. The zero-order chi connectivity index (χ0) is 31.7. The molecule has 0 bridgehead atoms. The number of aryl methyl sites for hydroxylation is 2. The summed E-state index contributed by atoms with van der Waals surface area (Å²) in [5, 5.41) is 2.14. The molecule has 1 aromatic carbocycles. The van der Waals surface area contributed by atoms with Gasteiger partial charge in [0, 0.05) is 19.6 Å². The lowest BCUT2D eigenvalue weighted by Crippen LogP contribution is -2.29. The van der Waals surface area contributed by atoms with E-state index in [1.165, 1.54) is 134 Å². The summed E-state index contributed by atoms with van der Waals surface area (Å²) in [5.74, 6) is 0.779. The van der Waals surface area contributed by atoms with Crippen molar-refractivity contribution in [1.82, 2.24) is 0 Å². The SMILES string of the molecule is CCCCCCCCCCCCCCC[C@@H]1CO[C@@H](COCCCCCC[n+]2ccsc2)C1.Cc1ccc(S(=O)(=O)[O-])cc1. The van der Waals surface area contributed by atoms with Gasteiger partial charge in [0.2, 0.25) is 5.51 Å². The molecule has 0 unspecified atom stereocenters. The van der Waals surface area contributed by atoms with Crippen LogP contribution in [-0.4, -0.2) is 38.9 Å². The molecule has 2 atom stereocenters. The molecule has 1 fully saturated rings. The Hall–Kier alpha value is -1.32. The van der Waals surface area contributed by atoms with Crippen LogP contribution in [-0.2, 0) is 26.1 Å². The van der Waals surface area contributed by atoms with Crippen molar-refractivity contribution in [2.45, 2.75) is 153 Å². The highest BCUT2D eigenvalue weighted by atomic mass is 32.2. The summed E-state index contributed by atoms with van der Waals surface area (Å²) in [6.45, 7) is 7.94. The van der Waals surface area contributed by atoms with Gasteiger partial charge in [0.25, 0.3) is 0 Å². The Bertz CT molecular complexity index is 1030. The normalized spacial score (nSPS) is 16.6. The second-order valence-electron chi connectivity index (χ2n) is 12.6. The van der Waals surface area contributed by atoms with Gasteiger partial charge >= 0.3 is 0 Å². The first kappa shape index (κ1) is 38.9. The first-order chi connectivity index (χ1) is 21.4. The molecular weight excluding hydrogens is 591 g/mol. The van der Waals surface area contributed by atoms with Gasteiger partial charge in [-0.2, -0.15) is 4.57 Å². The molecule has 0 radical (unpaired) electrons. The van der Waals surface area contributed by atoms with Gasteiger partial charge in [-0.3, -0.25) is 0 Å². The van der Waals surface area contributed by atoms with Crippen LogP contribution in [0.25, 0.3) is 0 Å². The van der Waals surface area contributed by atoms with E-state index in [9.17, 15) is 13.0 Å². The Kier molecular flexibility index (Phi) is 22.0. The van der Waals surface area contributed by atoms with Gasteiger partial charge < -0.3 is 14.0 Å². The standard InChI is InChI=1S/C29H54NO2S.C7H8O3S/c1-2-3-4-5-6-7-8-9-10-11-12-13-16-19-28-24-29(32-25-28)26-31-22-18-15-14-17-20-30-21-23-33-27-30;1-6-2-4-7(5-3-6)11(8,9)10/h21,23,27-29H,2-20,22,24-26H2,1H3;2-5H,1H3,(H,8,9,10)/q+1;/p-1/t28-,29+;/m0./s1. The number of benzene rings is 1. The zero-order valence-corrected chi connectivity index (χ0v) is 29.4. The molecule has 1 saturated heterocycles. The summed E-state index contributed by atoms with van der Waals surface area (Å²) in [5.41, 5.74) is 3.12. The predicted octanol–water partition coefficient (Wildman–Crippen LogP) is 9.40. The number of nitrogens with zero attached hydrogens (tertiary/aromatic N) is 1. The van der Waals surface area contributed by atoms with Crippen LogP contribution in [0.3, 0.4) is 0 Å². The Morgan fingerprint density at radius 2 is 1.45 bits per heavy atom. The van der Waals surface area contributed by atoms with E-state index in [1.807, 2.05) is 6.92 Å². The molecule has 3 rings (SSSR count). The Balaban J connectivity index is 0.000000514. The van der Waals surface area contributed by atoms with Gasteiger partial charge in [-0.1, -0.05) is 126 Å². The predicted molar refractivity (Wildman–Crippen MR) is 181 cm³/mol. The summed E-state index contributed by atoms with van der Waals surface area (Å²) < 4.78 is 45.4. The van der Waals surface area contributed by atoms with Crippen molar-refractivity contribution in [2.24, 2.45) is 5.92 Å². The summed E-state index contributed by atoms with van der Waals surface area (Å²) in [6, 6.07) is 5.78. The van der Waals surface area contributed by atoms with Gasteiger partial charge in [-0.15, -0.1) is 0 Å². The fourth-order valence-electron chi connectivity index (χ4n) is 5.71. The summed E-state index contributed by atoms with van der Waals surface area (Å²) >= 11 is 1.77. The second kappa shape index (κ2) is 24.9. The van der Waals surface area contributed by atoms with Crippen LogP contribution in [0.1, 0.15) is 134 Å². The molecule has 0 amide bonds. The fraction of sp³-hybridized carbons (Fsp3) is 0.750. The van der Waals surface area contributed by atoms with Gasteiger partial charge in [0.1, 0.15) is 16.7 Å². The van der Waals surface area contributed by atoms with E-state index in [0.29, 0.717) is 6.10 Å². The van der Waals surface area contributed by atoms with E-state index in [-0.39, 0.29) is 4.90 Å². The van der Waals surface area contributed by atoms with Crippen molar-refractivity contribution in [3.63, 3.8) is 0 Å². The second-order valence-corrected chi connectivity index (χ2v) is 14.7. The van der Waals surface area contributed by atoms with Crippen LogP contribution in [0.2, 0.25) is 0 Å². The molecule has 0 aliphatic carbocycles. The third-order valence-corrected chi connectivity index (χ3v) is 10.00. The number of hydrogen-bond acceptors (Lipinski definition) is 6. The van der Waals surface area contributed by atoms with Crippen LogP contribution in [0.5, 0.6) is 0 Å². The average Bonchev–Trinajstić information content (AvgIpc) is 3.69. The molecule has 44 heavy (non-hydrogen) atoms. The highest BCUT2D eigenvalue weighted by Crippen LogP contribution is 2.25. The van der Waals surface area contributed by atoms with Crippen LogP contribution >= 0.6 is 11.3 Å². The van der Waals surface area contributed by atoms with Crippen molar-refractivity contribution in [2.75, 3.05) is 19.8 Å². The lowest BCUT2D eigenvalue weighted by Gasteiger charge is -2.10.